The number of aromatic amines is 4. The molecule has 2 aromatic carbocycles. The van der Waals surface area contributed by atoms with Crippen molar-refractivity contribution in [2.45, 2.75) is 107 Å². The Morgan fingerprint density at radius 2 is 0.500 bits per heavy atom. The Morgan fingerprint density at radius 1 is 0.304 bits per heavy atom. The molecule has 0 fully saturated rings. The van der Waals surface area contributed by atoms with E-state index >= 15 is 0 Å². The highest BCUT2D eigenvalue weighted by Crippen LogP contribution is 2.37. The second kappa shape index (κ2) is 16.9. The van der Waals surface area contributed by atoms with Crippen LogP contribution < -0.4 is 0 Å². The molecule has 0 saturated carbocycles. The maximum Gasteiger partial charge on any atom is 0.0887 e. The average molecular weight is 745 g/mol. The Morgan fingerprint density at radius 3 is 0.679 bits per heavy atom. The monoisotopic (exact) mass is 744 g/mol. The lowest BCUT2D eigenvalue weighted by molar-refractivity contribution is 1.04. The Labute approximate surface area is 331 Å². The smallest absolute Gasteiger partial charge is 0.0887 e. The minimum Gasteiger partial charge on any atom is -0.352 e. The number of nitrogens with zero attached hydrogens (tertiary/aromatic N) is 4. The van der Waals surface area contributed by atoms with Crippen molar-refractivity contribution in [1.82, 2.24) is 19.9 Å². The second-order valence-electron chi connectivity index (χ2n) is 14.3. The zero-order valence-electron chi connectivity index (χ0n) is 34.4. The molecule has 0 amide bonds. The molecule has 8 nitrogen and oxygen atoms in total. The molecule has 56 heavy (non-hydrogen) atoms. The SMILES string of the molecule is CCc1c2[nH]c(c1CC)-c1[nH]c(c(CC)c1CC)C=Nc1ccccc1N=Cc1[nH]c(c(CC)c1CC)-c1[nH]c(c(CC)c1CC)C=Nc1ccccc1N=C2. The van der Waals surface area contributed by atoms with E-state index < -0.39 is 0 Å². The molecule has 1 aliphatic heterocycles. The van der Waals surface area contributed by atoms with Crippen LogP contribution in [0.25, 0.3) is 22.8 Å². The fraction of sp³-hybridized carbons (Fsp3) is 0.333. The Hall–Kier alpha value is -5.76. The molecule has 5 heterocycles. The van der Waals surface area contributed by atoms with Gasteiger partial charge in [0.05, 0.1) is 93.2 Å². The molecule has 8 bridgehead atoms. The van der Waals surface area contributed by atoms with E-state index in [9.17, 15) is 0 Å². The summed E-state index contributed by atoms with van der Waals surface area (Å²) in [5.41, 5.74) is 22.4. The third kappa shape index (κ3) is 6.97. The number of H-pyrrole nitrogens is 4. The van der Waals surface area contributed by atoms with Crippen LogP contribution in [0.4, 0.5) is 22.7 Å². The van der Waals surface area contributed by atoms with Crippen LogP contribution in [0, 0.1) is 0 Å². The van der Waals surface area contributed by atoms with Crippen molar-refractivity contribution in [3.05, 3.63) is 116 Å². The van der Waals surface area contributed by atoms with Crippen LogP contribution in [-0.4, -0.2) is 44.8 Å². The molecule has 6 aromatic rings. The van der Waals surface area contributed by atoms with Gasteiger partial charge < -0.3 is 19.9 Å². The summed E-state index contributed by atoms with van der Waals surface area (Å²) in [5, 5.41) is 0. The molecule has 1 aliphatic rings. The van der Waals surface area contributed by atoms with Gasteiger partial charge in [-0.2, -0.15) is 0 Å². The van der Waals surface area contributed by atoms with Crippen molar-refractivity contribution in [3.63, 3.8) is 0 Å². The summed E-state index contributed by atoms with van der Waals surface area (Å²) in [5.74, 6) is 0. The van der Waals surface area contributed by atoms with Crippen molar-refractivity contribution in [2.24, 2.45) is 20.0 Å². The van der Waals surface area contributed by atoms with Gasteiger partial charge in [-0.1, -0.05) is 79.7 Å². The first kappa shape index (κ1) is 38.5. The first-order valence-corrected chi connectivity index (χ1v) is 20.7. The molecule has 7 rings (SSSR count). The highest BCUT2D eigenvalue weighted by molar-refractivity contribution is 5.92. The second-order valence-corrected chi connectivity index (χ2v) is 14.3. The lowest BCUT2D eigenvalue weighted by atomic mass is 9.98. The Bertz CT molecular complexity index is 2130. The molecule has 0 spiro atoms. The van der Waals surface area contributed by atoms with E-state index in [2.05, 4.69) is 75.3 Å². The largest absolute Gasteiger partial charge is 0.352 e. The van der Waals surface area contributed by atoms with E-state index in [4.69, 9.17) is 20.0 Å². The number of nitrogens with one attached hydrogen (secondary N) is 4. The fourth-order valence-corrected chi connectivity index (χ4v) is 8.77. The van der Waals surface area contributed by atoms with Crippen LogP contribution in [0.3, 0.4) is 0 Å². The summed E-state index contributed by atoms with van der Waals surface area (Å²) in [6.45, 7) is 17.9. The number of aromatic nitrogens is 4. The molecular weight excluding hydrogens is 689 g/mol. The normalized spacial score (nSPS) is 12.6. The van der Waals surface area contributed by atoms with Gasteiger partial charge in [-0.25, -0.2) is 0 Å². The number of rotatable bonds is 8. The zero-order valence-corrected chi connectivity index (χ0v) is 34.4. The van der Waals surface area contributed by atoms with Crippen LogP contribution >= 0.6 is 0 Å². The highest BCUT2D eigenvalue weighted by atomic mass is 14.9. The summed E-state index contributed by atoms with van der Waals surface area (Å²) < 4.78 is 0. The van der Waals surface area contributed by atoms with E-state index in [1.54, 1.807) is 0 Å². The predicted octanol–water partition coefficient (Wildman–Crippen LogP) is 12.1. The topological polar surface area (TPSA) is 113 Å². The molecule has 0 atom stereocenters. The van der Waals surface area contributed by atoms with Gasteiger partial charge in [-0.05, 0) is 120 Å². The predicted molar refractivity (Wildman–Crippen MR) is 238 cm³/mol. The molecular formula is C48H56N8. The van der Waals surface area contributed by atoms with Crippen LogP contribution in [0.1, 0.15) is 123 Å². The molecule has 0 saturated heterocycles. The number of benzene rings is 2. The quantitative estimate of drug-likeness (QED) is 0.119. The highest BCUT2D eigenvalue weighted by Gasteiger charge is 2.24. The lowest BCUT2D eigenvalue weighted by Gasteiger charge is -2.06. The van der Waals surface area contributed by atoms with E-state index in [1.807, 2.05) is 73.4 Å². The molecule has 8 heteroatoms. The van der Waals surface area contributed by atoms with Crippen molar-refractivity contribution >= 4 is 47.6 Å². The first-order chi connectivity index (χ1) is 27.4. The summed E-state index contributed by atoms with van der Waals surface area (Å²) in [7, 11) is 0. The minimum absolute atomic E-state index is 0.824. The number of hydrogen-bond donors (Lipinski definition) is 4. The third-order valence-corrected chi connectivity index (χ3v) is 11.4. The molecule has 4 aromatic heterocycles. The summed E-state index contributed by atoms with van der Waals surface area (Å²) >= 11 is 0. The van der Waals surface area contributed by atoms with Gasteiger partial charge in [0, 0.05) is 0 Å². The van der Waals surface area contributed by atoms with Crippen LogP contribution in [-0.2, 0) is 51.4 Å². The third-order valence-electron chi connectivity index (χ3n) is 11.4. The lowest BCUT2D eigenvalue weighted by Crippen LogP contribution is -1.93. The van der Waals surface area contributed by atoms with Gasteiger partial charge in [0.25, 0.3) is 0 Å². The maximum absolute atomic E-state index is 5.08. The standard InChI is InChI=1S/C48H56N8/c1-9-29-33(13-5)45-46-34(14-6)30(10-2)42(54-46)26-51-39-23-19-20-24-40(39)52-28-44-32(12-4)36(16-8)48(56-44)47-35(15-7)31(11-3)43(55-47)27-50-38-22-18-17-21-37(38)49-25-41(29)53-45/h17-28,53-56H,9-16H2,1-8H3. The van der Waals surface area contributed by atoms with Crippen molar-refractivity contribution in [1.29, 1.82) is 0 Å². The first-order valence-electron chi connectivity index (χ1n) is 20.7. The minimum atomic E-state index is 0.824. The Kier molecular flexibility index (Phi) is 11.7. The number of hydrogen-bond acceptors (Lipinski definition) is 4. The van der Waals surface area contributed by atoms with Crippen LogP contribution in [0.2, 0.25) is 0 Å². The van der Waals surface area contributed by atoms with Crippen molar-refractivity contribution in [2.75, 3.05) is 0 Å². The zero-order chi connectivity index (χ0) is 39.3. The van der Waals surface area contributed by atoms with E-state index in [0.717, 1.165) is 120 Å². The molecule has 0 unspecified atom stereocenters. The molecule has 0 aliphatic carbocycles. The summed E-state index contributed by atoms with van der Waals surface area (Å²) in [6, 6.07) is 16.3. The summed E-state index contributed by atoms with van der Waals surface area (Å²) in [4.78, 5) is 35.6. The van der Waals surface area contributed by atoms with E-state index in [1.165, 1.54) is 44.5 Å². The van der Waals surface area contributed by atoms with E-state index in [-0.39, 0.29) is 0 Å². The molecule has 288 valence electrons. The molecule has 0 radical (unpaired) electrons. The fourth-order valence-electron chi connectivity index (χ4n) is 8.77. The van der Waals surface area contributed by atoms with Crippen molar-refractivity contribution in [3.8, 4) is 22.8 Å². The number of fused-ring (bicyclic) bond motifs is 12. The van der Waals surface area contributed by atoms with Gasteiger partial charge in [0.1, 0.15) is 0 Å². The van der Waals surface area contributed by atoms with Gasteiger partial charge in [-0.15, -0.1) is 0 Å². The average Bonchev–Trinajstić information content (AvgIpc) is 3.98. The summed E-state index contributed by atoms with van der Waals surface area (Å²) in [6.07, 6.45) is 15.2. The van der Waals surface area contributed by atoms with Crippen LogP contribution in [0.15, 0.2) is 68.5 Å². The molecule has 4 N–H and O–H groups in total. The maximum atomic E-state index is 5.08. The van der Waals surface area contributed by atoms with E-state index in [0.29, 0.717) is 0 Å². The van der Waals surface area contributed by atoms with Crippen LogP contribution in [0.5, 0.6) is 0 Å². The van der Waals surface area contributed by atoms with Gasteiger partial charge >= 0.3 is 0 Å². The number of para-hydroxylation sites is 4. The number of aliphatic imine (C=N–C) groups is 4. The van der Waals surface area contributed by atoms with Gasteiger partial charge in [0.2, 0.25) is 0 Å². The van der Waals surface area contributed by atoms with Crippen molar-refractivity contribution < 1.29 is 0 Å². The van der Waals surface area contributed by atoms with Gasteiger partial charge in [-0.3, -0.25) is 20.0 Å². The van der Waals surface area contributed by atoms with Gasteiger partial charge in [0.15, 0.2) is 0 Å². The Balaban J connectivity index is 1.48.